The van der Waals surface area contributed by atoms with E-state index in [1.54, 1.807) is 6.20 Å². The zero-order valence-electron chi connectivity index (χ0n) is 28.9. The Hall–Kier alpha value is -5.35. The minimum Gasteiger partial charge on any atom is -0.455 e. The van der Waals surface area contributed by atoms with Crippen molar-refractivity contribution in [2.45, 2.75) is 34.1 Å². The van der Waals surface area contributed by atoms with Crippen LogP contribution < -0.4 is 0 Å². The first-order valence-electron chi connectivity index (χ1n) is 17.1. The van der Waals surface area contributed by atoms with Crippen molar-refractivity contribution in [2.24, 2.45) is 5.41 Å². The molecule has 5 heterocycles. The second kappa shape index (κ2) is 12.8. The summed E-state index contributed by atoms with van der Waals surface area (Å²) in [5, 5.41) is 7.20. The molecule has 0 saturated carbocycles. The summed E-state index contributed by atoms with van der Waals surface area (Å²) < 4.78 is 8.97. The van der Waals surface area contributed by atoms with Crippen LogP contribution in [0.5, 0.6) is 0 Å². The van der Waals surface area contributed by atoms with E-state index in [4.69, 9.17) is 9.40 Å². The van der Waals surface area contributed by atoms with Crippen LogP contribution in [0.25, 0.3) is 82.5 Å². The summed E-state index contributed by atoms with van der Waals surface area (Å²) in [6, 6.07) is 46.6. The monoisotopic (exact) mass is 838 g/mol. The van der Waals surface area contributed by atoms with Gasteiger partial charge in [-0.1, -0.05) is 79.7 Å². The third-order valence-corrected chi connectivity index (χ3v) is 9.47. The Morgan fingerprint density at radius 1 is 0.667 bits per heavy atom. The summed E-state index contributed by atoms with van der Waals surface area (Å²) in [4.78, 5) is 8.96. The van der Waals surface area contributed by atoms with E-state index in [1.165, 1.54) is 43.7 Å². The van der Waals surface area contributed by atoms with Gasteiger partial charge in [-0.2, -0.15) is 0 Å². The summed E-state index contributed by atoms with van der Waals surface area (Å²) in [5.74, 6) is 0. The van der Waals surface area contributed by atoms with Gasteiger partial charge in [0.25, 0.3) is 0 Å². The van der Waals surface area contributed by atoms with Crippen molar-refractivity contribution in [3.63, 3.8) is 0 Å². The van der Waals surface area contributed by atoms with Crippen molar-refractivity contribution in [3.8, 4) is 22.5 Å². The Bertz CT molecular complexity index is 2790. The van der Waals surface area contributed by atoms with E-state index in [0.29, 0.717) is 0 Å². The molecule has 10 rings (SSSR count). The number of pyridine rings is 2. The molecule has 5 heteroatoms. The molecule has 0 aliphatic heterocycles. The Morgan fingerprint density at radius 2 is 1.49 bits per heavy atom. The predicted octanol–water partition coefficient (Wildman–Crippen LogP) is 12.0. The largest absolute Gasteiger partial charge is 0.455 e. The topological polar surface area (TPSA) is 43.3 Å². The summed E-state index contributed by atoms with van der Waals surface area (Å²) in [5.41, 5.74) is 12.2. The molecule has 0 unspecified atom stereocenters. The molecule has 0 aliphatic rings. The number of furan rings is 1. The van der Waals surface area contributed by atoms with Gasteiger partial charge in [-0.05, 0) is 72.1 Å². The molecule has 51 heavy (non-hydrogen) atoms. The number of fused-ring (bicyclic) bond motifs is 10. The van der Waals surface area contributed by atoms with Crippen LogP contribution >= 0.6 is 0 Å². The van der Waals surface area contributed by atoms with E-state index in [0.717, 1.165) is 56.4 Å². The van der Waals surface area contributed by atoms with Crippen LogP contribution in [0.1, 0.15) is 31.9 Å². The van der Waals surface area contributed by atoms with Gasteiger partial charge in [0.1, 0.15) is 11.2 Å². The molecule has 0 spiro atoms. The van der Waals surface area contributed by atoms with Gasteiger partial charge in [0.05, 0.1) is 5.52 Å². The quantitative estimate of drug-likeness (QED) is 0.167. The summed E-state index contributed by atoms with van der Waals surface area (Å²) >= 11 is 0. The summed E-state index contributed by atoms with van der Waals surface area (Å²) in [7, 11) is 0. The van der Waals surface area contributed by atoms with E-state index < -0.39 is 0 Å². The summed E-state index contributed by atoms with van der Waals surface area (Å²) in [6.07, 6.45) is 4.72. The first-order chi connectivity index (χ1) is 24.3. The van der Waals surface area contributed by atoms with Gasteiger partial charge in [-0.15, -0.1) is 59.7 Å². The number of benzene rings is 5. The average molecular weight is 838 g/mol. The predicted molar refractivity (Wildman–Crippen MR) is 207 cm³/mol. The van der Waals surface area contributed by atoms with Gasteiger partial charge < -0.3 is 18.8 Å². The van der Waals surface area contributed by atoms with Crippen molar-refractivity contribution in [1.82, 2.24) is 14.4 Å². The molecule has 0 amide bonds. The number of hydrogen-bond acceptors (Lipinski definition) is 3. The minimum atomic E-state index is 0. The number of rotatable bonds is 3. The third-order valence-electron chi connectivity index (χ3n) is 9.47. The second-order valence-corrected chi connectivity index (χ2v) is 14.4. The number of hydrogen-bond donors (Lipinski definition) is 0. The van der Waals surface area contributed by atoms with Crippen LogP contribution in [-0.4, -0.2) is 14.4 Å². The van der Waals surface area contributed by atoms with Crippen molar-refractivity contribution >= 4 is 60.0 Å². The minimum absolute atomic E-state index is 0. The van der Waals surface area contributed by atoms with E-state index in [9.17, 15) is 0 Å². The SMILES string of the molecule is Cc1ccc2c(c1)c1cc3c4ccccc4oc3c3c4cc(-c5cc(CC(C)(C)C)ccn5)[c-]cc4n2c13.[Ir].[c-]1ccccc1-c1ccccn1. The first kappa shape index (κ1) is 32.8. The maximum absolute atomic E-state index is 6.57. The molecule has 0 N–H and O–H groups in total. The van der Waals surface area contributed by atoms with Gasteiger partial charge in [0, 0.05) is 64.9 Å². The molecule has 5 aromatic carbocycles. The third kappa shape index (κ3) is 5.77. The Morgan fingerprint density at radius 3 is 2.29 bits per heavy atom. The smallest absolute Gasteiger partial charge is 0.143 e. The van der Waals surface area contributed by atoms with Gasteiger partial charge in [-0.25, -0.2) is 0 Å². The molecular formula is C46H35IrN3O-2. The van der Waals surface area contributed by atoms with Crippen LogP contribution in [0.2, 0.25) is 0 Å². The van der Waals surface area contributed by atoms with Crippen LogP contribution in [-0.2, 0) is 26.5 Å². The maximum Gasteiger partial charge on any atom is 0.143 e. The van der Waals surface area contributed by atoms with Gasteiger partial charge in [-0.3, -0.25) is 0 Å². The number of nitrogens with zero attached hydrogens (tertiary/aromatic N) is 3. The second-order valence-electron chi connectivity index (χ2n) is 14.4. The molecule has 5 aromatic heterocycles. The molecule has 4 nitrogen and oxygen atoms in total. The number of aryl methyl sites for hydroxylation is 1. The fourth-order valence-corrected chi connectivity index (χ4v) is 7.40. The maximum atomic E-state index is 6.57. The fourth-order valence-electron chi connectivity index (χ4n) is 7.40. The standard InChI is InChI=1S/C35H27N2O.C11H8N.Ir/c1-20-9-11-29-24(15-20)25-18-26-23-7-5-6-8-31(23)38-34(26)32-27-17-22(10-12-30(27)37(29)33(25)32)28-16-21(13-14-36-28)19-35(2,3)4;1-2-6-10(7-3-1)11-8-4-5-9-12-11;/h5-9,11-18H,19H2,1-4H3;1-6,8-9H;/q2*-1;. The van der Waals surface area contributed by atoms with Crippen LogP contribution in [0.4, 0.5) is 0 Å². The number of para-hydroxylation sites is 1. The number of aromatic nitrogens is 3. The zero-order valence-corrected chi connectivity index (χ0v) is 31.3. The molecule has 0 fully saturated rings. The Kier molecular flexibility index (Phi) is 8.21. The van der Waals surface area contributed by atoms with Gasteiger partial charge >= 0.3 is 0 Å². The van der Waals surface area contributed by atoms with Crippen LogP contribution in [0.15, 0.2) is 132 Å². The van der Waals surface area contributed by atoms with Crippen molar-refractivity contribution in [1.29, 1.82) is 0 Å². The van der Waals surface area contributed by atoms with Gasteiger partial charge in [0.15, 0.2) is 0 Å². The molecule has 0 saturated heterocycles. The van der Waals surface area contributed by atoms with Crippen LogP contribution in [0.3, 0.4) is 0 Å². The zero-order chi connectivity index (χ0) is 34.0. The molecule has 0 atom stereocenters. The fraction of sp³-hybridized carbons (Fsp3) is 0.130. The molecular weight excluding hydrogens is 803 g/mol. The van der Waals surface area contributed by atoms with Crippen molar-refractivity contribution in [2.75, 3.05) is 0 Å². The molecule has 10 aromatic rings. The Labute approximate surface area is 310 Å². The van der Waals surface area contributed by atoms with E-state index in [1.807, 2.05) is 54.7 Å². The molecule has 0 aliphatic carbocycles. The Balaban J connectivity index is 0.000000245. The average Bonchev–Trinajstić information content (AvgIpc) is 3.78. The first-order valence-corrected chi connectivity index (χ1v) is 17.1. The normalized spacial score (nSPS) is 11.8. The molecule has 0 bridgehead atoms. The summed E-state index contributed by atoms with van der Waals surface area (Å²) in [6.45, 7) is 8.98. The molecule has 1 radical (unpaired) electrons. The van der Waals surface area contributed by atoms with Crippen molar-refractivity contribution in [3.05, 3.63) is 151 Å². The van der Waals surface area contributed by atoms with E-state index in [-0.39, 0.29) is 25.5 Å². The van der Waals surface area contributed by atoms with Gasteiger partial charge in [0.2, 0.25) is 0 Å². The van der Waals surface area contributed by atoms with E-state index in [2.05, 4.69) is 116 Å². The van der Waals surface area contributed by atoms with E-state index >= 15 is 0 Å². The van der Waals surface area contributed by atoms with Crippen molar-refractivity contribution < 1.29 is 24.5 Å². The van der Waals surface area contributed by atoms with Crippen LogP contribution in [0, 0.1) is 24.5 Å². The molecule has 251 valence electrons.